The van der Waals surface area contributed by atoms with Gasteiger partial charge >= 0.3 is 0 Å². The van der Waals surface area contributed by atoms with Crippen LogP contribution in [-0.4, -0.2) is 27.9 Å². The molecule has 7 heteroatoms. The summed E-state index contributed by atoms with van der Waals surface area (Å²) in [5.41, 5.74) is 3.39. The minimum absolute atomic E-state index is 0.129. The van der Waals surface area contributed by atoms with Crippen molar-refractivity contribution in [3.8, 4) is 22.8 Å². The van der Waals surface area contributed by atoms with Gasteiger partial charge in [-0.3, -0.25) is 4.79 Å². The van der Waals surface area contributed by atoms with Crippen molar-refractivity contribution in [3.05, 3.63) is 60.3 Å². The fraction of sp³-hybridized carbons (Fsp3) is 0.190. The van der Waals surface area contributed by atoms with Gasteiger partial charge in [-0.05, 0) is 32.0 Å². The predicted octanol–water partition coefficient (Wildman–Crippen LogP) is 4.30. The van der Waals surface area contributed by atoms with Crippen LogP contribution in [0.2, 0.25) is 0 Å². The van der Waals surface area contributed by atoms with Gasteiger partial charge in [-0.2, -0.15) is 0 Å². The molecule has 2 aromatic carbocycles. The van der Waals surface area contributed by atoms with E-state index in [0.717, 1.165) is 17.0 Å². The molecular weight excluding hydrogens is 374 g/mol. The Hall–Kier alpha value is -3.06. The van der Waals surface area contributed by atoms with Crippen LogP contribution in [0.25, 0.3) is 11.3 Å². The Morgan fingerprint density at radius 2 is 1.86 bits per heavy atom. The van der Waals surface area contributed by atoms with Gasteiger partial charge in [0.05, 0.1) is 10.9 Å². The van der Waals surface area contributed by atoms with Crippen molar-refractivity contribution in [2.24, 2.45) is 0 Å². The summed E-state index contributed by atoms with van der Waals surface area (Å²) in [7, 11) is 0. The van der Waals surface area contributed by atoms with Crippen LogP contribution in [0.15, 0.2) is 59.8 Å². The van der Waals surface area contributed by atoms with E-state index in [-0.39, 0.29) is 18.0 Å². The number of carbonyl (C=O) groups excluding carboxylic acids is 1. The van der Waals surface area contributed by atoms with Crippen molar-refractivity contribution < 1.29 is 14.3 Å². The number of nitrogens with zero attached hydrogens (tertiary/aromatic N) is 2. The van der Waals surface area contributed by atoms with E-state index < -0.39 is 0 Å². The maximum absolute atomic E-state index is 12.6. The second-order valence-electron chi connectivity index (χ2n) is 6.36. The van der Waals surface area contributed by atoms with E-state index in [1.54, 1.807) is 18.2 Å². The lowest BCUT2D eigenvalue weighted by Gasteiger charge is -2.12. The number of carbonyl (C=O) groups is 1. The first kappa shape index (κ1) is 18.3. The molecule has 1 aromatic heterocycles. The monoisotopic (exact) mass is 393 g/mol. The van der Waals surface area contributed by atoms with E-state index in [4.69, 9.17) is 9.47 Å². The number of anilines is 1. The van der Waals surface area contributed by atoms with E-state index in [2.05, 4.69) is 15.3 Å². The molecule has 4 rings (SSSR count). The third-order valence-corrected chi connectivity index (χ3v) is 5.16. The predicted molar refractivity (Wildman–Crippen MR) is 109 cm³/mol. The smallest absolute Gasteiger partial charge is 0.237 e. The number of thioether (sulfide) groups is 1. The Morgan fingerprint density at radius 1 is 1.07 bits per heavy atom. The third-order valence-electron chi connectivity index (χ3n) is 4.19. The molecule has 142 valence electrons. The molecule has 0 saturated carbocycles. The van der Waals surface area contributed by atoms with Crippen LogP contribution in [0.1, 0.15) is 12.6 Å². The fourth-order valence-corrected chi connectivity index (χ4v) is 3.61. The first-order valence-electron chi connectivity index (χ1n) is 8.87. The van der Waals surface area contributed by atoms with Gasteiger partial charge in [0.2, 0.25) is 12.7 Å². The zero-order valence-electron chi connectivity index (χ0n) is 15.5. The number of ether oxygens (including phenoxy) is 2. The Labute approximate surface area is 167 Å². The van der Waals surface area contributed by atoms with Crippen LogP contribution in [0, 0.1) is 6.92 Å². The number of hydrogen-bond acceptors (Lipinski definition) is 6. The minimum Gasteiger partial charge on any atom is -0.454 e. The van der Waals surface area contributed by atoms with Gasteiger partial charge in [0.1, 0.15) is 0 Å². The largest absolute Gasteiger partial charge is 0.454 e. The lowest BCUT2D eigenvalue weighted by atomic mass is 10.1. The number of benzene rings is 2. The van der Waals surface area contributed by atoms with E-state index in [1.807, 2.05) is 50.2 Å². The lowest BCUT2D eigenvalue weighted by Crippen LogP contribution is -2.22. The van der Waals surface area contributed by atoms with Crippen molar-refractivity contribution in [1.29, 1.82) is 0 Å². The van der Waals surface area contributed by atoms with E-state index in [0.29, 0.717) is 22.3 Å². The molecule has 1 aliphatic rings. The fourth-order valence-electron chi connectivity index (χ4n) is 2.78. The molecule has 2 heterocycles. The number of fused-ring (bicyclic) bond motifs is 1. The molecule has 1 aliphatic heterocycles. The van der Waals surface area contributed by atoms with Crippen LogP contribution in [0.3, 0.4) is 0 Å². The maximum atomic E-state index is 12.6. The molecule has 0 unspecified atom stereocenters. The van der Waals surface area contributed by atoms with Crippen molar-refractivity contribution in [2.75, 3.05) is 12.1 Å². The highest BCUT2D eigenvalue weighted by molar-refractivity contribution is 8.00. The first-order valence-corrected chi connectivity index (χ1v) is 9.75. The van der Waals surface area contributed by atoms with Gasteiger partial charge in [0.25, 0.3) is 0 Å². The topological polar surface area (TPSA) is 73.3 Å². The SMILES string of the molecule is Cc1cc(-c2ccccc2)nc(S[C@@H](C)C(=O)Nc2ccc3c(c2)OCO3)n1. The third kappa shape index (κ3) is 4.09. The highest BCUT2D eigenvalue weighted by Crippen LogP contribution is 2.34. The Bertz CT molecular complexity index is 1010. The molecule has 0 fully saturated rings. The van der Waals surface area contributed by atoms with Crippen LogP contribution in [0.5, 0.6) is 11.5 Å². The molecular formula is C21H19N3O3S. The number of aromatic nitrogens is 2. The summed E-state index contributed by atoms with van der Waals surface area (Å²) in [6.45, 7) is 3.96. The van der Waals surface area contributed by atoms with Gasteiger partial charge in [-0.25, -0.2) is 9.97 Å². The highest BCUT2D eigenvalue weighted by atomic mass is 32.2. The van der Waals surface area contributed by atoms with Gasteiger partial charge < -0.3 is 14.8 Å². The lowest BCUT2D eigenvalue weighted by molar-refractivity contribution is -0.115. The summed E-state index contributed by atoms with van der Waals surface area (Å²) < 4.78 is 10.6. The molecule has 1 atom stereocenters. The quantitative estimate of drug-likeness (QED) is 0.515. The average molecular weight is 393 g/mol. The first-order chi connectivity index (χ1) is 13.6. The summed E-state index contributed by atoms with van der Waals surface area (Å²) in [6.07, 6.45) is 0. The van der Waals surface area contributed by atoms with Crippen molar-refractivity contribution in [3.63, 3.8) is 0 Å². The molecule has 1 amide bonds. The number of rotatable bonds is 5. The number of hydrogen-bond donors (Lipinski definition) is 1. The summed E-state index contributed by atoms with van der Waals surface area (Å²) >= 11 is 1.33. The van der Waals surface area contributed by atoms with Crippen LogP contribution >= 0.6 is 11.8 Å². The Kier molecular flexibility index (Phi) is 5.16. The molecule has 6 nitrogen and oxygen atoms in total. The standard InChI is InChI=1S/C21H19N3O3S/c1-13-10-17(15-6-4-3-5-7-15)24-21(22-13)28-14(2)20(25)23-16-8-9-18-19(11-16)27-12-26-18/h3-11,14H,12H2,1-2H3,(H,23,25)/t14-/m0/s1. The normalized spacial score (nSPS) is 13.2. The molecule has 0 spiro atoms. The molecule has 28 heavy (non-hydrogen) atoms. The van der Waals surface area contributed by atoms with E-state index in [9.17, 15) is 4.79 Å². The number of aryl methyl sites for hydroxylation is 1. The van der Waals surface area contributed by atoms with Crippen LogP contribution in [-0.2, 0) is 4.79 Å². The molecule has 1 N–H and O–H groups in total. The molecule has 3 aromatic rings. The maximum Gasteiger partial charge on any atom is 0.237 e. The highest BCUT2D eigenvalue weighted by Gasteiger charge is 2.19. The van der Waals surface area contributed by atoms with Gasteiger partial charge in [-0.1, -0.05) is 42.1 Å². The molecule has 0 aliphatic carbocycles. The molecule has 0 radical (unpaired) electrons. The van der Waals surface area contributed by atoms with E-state index >= 15 is 0 Å². The van der Waals surface area contributed by atoms with Gasteiger partial charge in [0.15, 0.2) is 16.7 Å². The van der Waals surface area contributed by atoms with Crippen molar-refractivity contribution in [1.82, 2.24) is 9.97 Å². The van der Waals surface area contributed by atoms with Gasteiger partial charge in [0, 0.05) is 23.0 Å². The minimum atomic E-state index is -0.365. The average Bonchev–Trinajstić information content (AvgIpc) is 3.16. The van der Waals surface area contributed by atoms with E-state index in [1.165, 1.54) is 11.8 Å². The van der Waals surface area contributed by atoms with Crippen molar-refractivity contribution in [2.45, 2.75) is 24.3 Å². The summed E-state index contributed by atoms with van der Waals surface area (Å²) in [6, 6.07) is 17.2. The summed E-state index contributed by atoms with van der Waals surface area (Å²) in [5.74, 6) is 1.19. The molecule has 0 saturated heterocycles. The Balaban J connectivity index is 1.46. The van der Waals surface area contributed by atoms with Crippen LogP contribution < -0.4 is 14.8 Å². The zero-order chi connectivity index (χ0) is 19.5. The second-order valence-corrected chi connectivity index (χ2v) is 7.67. The summed E-state index contributed by atoms with van der Waals surface area (Å²) in [5, 5.41) is 3.11. The van der Waals surface area contributed by atoms with Gasteiger partial charge in [-0.15, -0.1) is 0 Å². The molecule has 0 bridgehead atoms. The Morgan fingerprint density at radius 3 is 2.68 bits per heavy atom. The second kappa shape index (κ2) is 7.90. The number of amides is 1. The zero-order valence-corrected chi connectivity index (χ0v) is 16.3. The summed E-state index contributed by atoms with van der Waals surface area (Å²) in [4.78, 5) is 21.7. The number of nitrogens with one attached hydrogen (secondary N) is 1. The van der Waals surface area contributed by atoms with Crippen LogP contribution in [0.4, 0.5) is 5.69 Å². The van der Waals surface area contributed by atoms with Crippen molar-refractivity contribution >= 4 is 23.4 Å².